The lowest BCUT2D eigenvalue weighted by molar-refractivity contribution is -0.116. The predicted molar refractivity (Wildman–Crippen MR) is 109 cm³/mol. The number of imidazole rings is 1. The van der Waals surface area contributed by atoms with Gasteiger partial charge in [0.15, 0.2) is 0 Å². The van der Waals surface area contributed by atoms with Crippen LogP contribution in [0, 0.1) is 0 Å². The van der Waals surface area contributed by atoms with Crippen LogP contribution >= 0.6 is 0 Å². The minimum atomic E-state index is -3.80. The first-order chi connectivity index (χ1) is 13.4. The normalized spacial score (nSPS) is 14.1. The molecule has 0 fully saturated rings. The zero-order valence-corrected chi connectivity index (χ0v) is 16.7. The Hall–Kier alpha value is -2.87. The van der Waals surface area contributed by atoms with Gasteiger partial charge in [0.05, 0.1) is 15.9 Å². The molecule has 146 valence electrons. The third kappa shape index (κ3) is 3.13. The van der Waals surface area contributed by atoms with Gasteiger partial charge in [-0.2, -0.15) is 0 Å². The van der Waals surface area contributed by atoms with Crippen LogP contribution in [-0.4, -0.2) is 30.4 Å². The number of anilines is 2. The van der Waals surface area contributed by atoms with Crippen molar-refractivity contribution in [2.75, 3.05) is 16.2 Å². The fourth-order valence-electron chi connectivity index (χ4n) is 3.72. The van der Waals surface area contributed by atoms with Gasteiger partial charge >= 0.3 is 0 Å². The average Bonchev–Trinajstić information content (AvgIpc) is 3.03. The number of nitrogens with one attached hydrogen (secondary N) is 1. The Bertz CT molecular complexity index is 1170. The van der Waals surface area contributed by atoms with Crippen molar-refractivity contribution in [3.05, 3.63) is 48.0 Å². The number of hydrogen-bond donors (Lipinski definition) is 1. The SMILES string of the molecule is CCn1c(NS(=O)(=O)c2ccc3c(c2)CCCN3C(C)=O)nc2ccccc21. The second kappa shape index (κ2) is 6.94. The van der Waals surface area contributed by atoms with Gasteiger partial charge in [0.25, 0.3) is 10.0 Å². The molecule has 0 aliphatic carbocycles. The number of nitrogens with zero attached hydrogens (tertiary/aromatic N) is 3. The van der Waals surface area contributed by atoms with Crippen LogP contribution in [0.2, 0.25) is 0 Å². The van der Waals surface area contributed by atoms with Crippen molar-refractivity contribution in [2.24, 2.45) is 0 Å². The van der Waals surface area contributed by atoms with Crippen LogP contribution in [0.3, 0.4) is 0 Å². The van der Waals surface area contributed by atoms with Crippen LogP contribution in [0.4, 0.5) is 11.6 Å². The van der Waals surface area contributed by atoms with Crippen molar-refractivity contribution in [1.29, 1.82) is 0 Å². The summed E-state index contributed by atoms with van der Waals surface area (Å²) in [5.74, 6) is 0.262. The molecule has 1 aromatic heterocycles. The Morgan fingerprint density at radius 2 is 2.00 bits per heavy atom. The number of carbonyl (C=O) groups is 1. The molecule has 0 saturated carbocycles. The van der Waals surface area contributed by atoms with Crippen LogP contribution in [0.15, 0.2) is 47.4 Å². The van der Waals surface area contributed by atoms with E-state index in [1.165, 1.54) is 6.92 Å². The van der Waals surface area contributed by atoms with E-state index in [0.29, 0.717) is 19.0 Å². The molecule has 1 aliphatic rings. The number of fused-ring (bicyclic) bond motifs is 2. The highest BCUT2D eigenvalue weighted by Crippen LogP contribution is 2.30. The Morgan fingerprint density at radius 3 is 2.75 bits per heavy atom. The minimum absolute atomic E-state index is 0.0358. The van der Waals surface area contributed by atoms with Gasteiger partial charge in [-0.1, -0.05) is 12.1 Å². The Morgan fingerprint density at radius 1 is 1.21 bits per heavy atom. The van der Waals surface area contributed by atoms with Gasteiger partial charge in [-0.3, -0.25) is 4.79 Å². The molecule has 0 atom stereocenters. The first-order valence-corrected chi connectivity index (χ1v) is 10.8. The molecule has 4 rings (SSSR count). The van der Waals surface area contributed by atoms with Crippen molar-refractivity contribution in [1.82, 2.24) is 9.55 Å². The molecule has 2 heterocycles. The lowest BCUT2D eigenvalue weighted by Crippen LogP contribution is -2.33. The fraction of sp³-hybridized carbons (Fsp3) is 0.300. The van der Waals surface area contributed by atoms with E-state index in [2.05, 4.69) is 9.71 Å². The van der Waals surface area contributed by atoms with E-state index in [0.717, 1.165) is 35.1 Å². The van der Waals surface area contributed by atoms with Crippen LogP contribution in [-0.2, 0) is 27.8 Å². The summed E-state index contributed by atoms with van der Waals surface area (Å²) in [5, 5.41) is 0. The fourth-order valence-corrected chi connectivity index (χ4v) is 4.78. The molecule has 0 radical (unpaired) electrons. The molecule has 3 aromatic rings. The molecule has 0 bridgehead atoms. The molecular formula is C20H22N4O3S. The Labute approximate surface area is 164 Å². The van der Waals surface area contributed by atoms with E-state index < -0.39 is 10.0 Å². The number of hydrogen-bond acceptors (Lipinski definition) is 4. The third-order valence-corrected chi connectivity index (χ3v) is 6.38. The maximum absolute atomic E-state index is 13.0. The maximum atomic E-state index is 13.0. The molecule has 1 aliphatic heterocycles. The number of rotatable bonds is 4. The summed E-state index contributed by atoms with van der Waals surface area (Å²) in [6.07, 6.45) is 1.56. The molecule has 7 nitrogen and oxygen atoms in total. The smallest absolute Gasteiger partial charge is 0.264 e. The van der Waals surface area contributed by atoms with Crippen LogP contribution in [0.5, 0.6) is 0 Å². The summed E-state index contributed by atoms with van der Waals surface area (Å²) in [5.41, 5.74) is 3.28. The number of sulfonamides is 1. The second-order valence-corrected chi connectivity index (χ2v) is 8.52. The number of para-hydroxylation sites is 2. The van der Waals surface area contributed by atoms with Gasteiger partial charge in [0.1, 0.15) is 0 Å². The van der Waals surface area contributed by atoms with Gasteiger partial charge in [-0.15, -0.1) is 0 Å². The van der Waals surface area contributed by atoms with Crippen molar-refractivity contribution < 1.29 is 13.2 Å². The largest absolute Gasteiger partial charge is 0.312 e. The third-order valence-electron chi connectivity index (χ3n) is 5.06. The van der Waals surface area contributed by atoms with Gasteiger partial charge < -0.3 is 9.47 Å². The topological polar surface area (TPSA) is 84.3 Å². The summed E-state index contributed by atoms with van der Waals surface area (Å²) in [6.45, 7) is 4.72. The van der Waals surface area contributed by atoms with Gasteiger partial charge in [0, 0.05) is 25.7 Å². The highest BCUT2D eigenvalue weighted by molar-refractivity contribution is 7.92. The molecule has 1 amide bonds. The molecule has 28 heavy (non-hydrogen) atoms. The molecular weight excluding hydrogens is 376 g/mol. The monoisotopic (exact) mass is 398 g/mol. The molecule has 2 aromatic carbocycles. The number of amides is 1. The van der Waals surface area contributed by atoms with E-state index in [-0.39, 0.29) is 10.8 Å². The van der Waals surface area contributed by atoms with Gasteiger partial charge in [-0.25, -0.2) is 18.1 Å². The van der Waals surface area contributed by atoms with E-state index in [1.807, 2.05) is 35.8 Å². The van der Waals surface area contributed by atoms with E-state index in [1.54, 1.807) is 23.1 Å². The number of carbonyl (C=O) groups excluding carboxylic acids is 1. The van der Waals surface area contributed by atoms with E-state index in [4.69, 9.17) is 0 Å². The molecule has 0 unspecified atom stereocenters. The quantitative estimate of drug-likeness (QED) is 0.732. The van der Waals surface area contributed by atoms with Gasteiger partial charge in [-0.05, 0) is 55.7 Å². The lowest BCUT2D eigenvalue weighted by Gasteiger charge is -2.28. The summed E-state index contributed by atoms with van der Waals surface area (Å²) >= 11 is 0. The van der Waals surface area contributed by atoms with Crippen molar-refractivity contribution in [3.63, 3.8) is 0 Å². The Kier molecular flexibility index (Phi) is 4.58. The minimum Gasteiger partial charge on any atom is -0.312 e. The zero-order chi connectivity index (χ0) is 19.9. The first-order valence-electron chi connectivity index (χ1n) is 9.30. The van der Waals surface area contributed by atoms with Gasteiger partial charge in [0.2, 0.25) is 11.9 Å². The summed E-state index contributed by atoms with van der Waals surface area (Å²) < 4.78 is 30.5. The Balaban J connectivity index is 1.71. The summed E-state index contributed by atoms with van der Waals surface area (Å²) in [6, 6.07) is 12.5. The average molecular weight is 398 g/mol. The highest BCUT2D eigenvalue weighted by Gasteiger charge is 2.24. The highest BCUT2D eigenvalue weighted by atomic mass is 32.2. The van der Waals surface area contributed by atoms with Crippen molar-refractivity contribution >= 4 is 38.6 Å². The van der Waals surface area contributed by atoms with Crippen molar-refractivity contribution in [2.45, 2.75) is 38.1 Å². The molecule has 8 heteroatoms. The lowest BCUT2D eigenvalue weighted by atomic mass is 10.0. The number of aromatic nitrogens is 2. The molecule has 0 saturated heterocycles. The van der Waals surface area contributed by atoms with E-state index >= 15 is 0 Å². The molecule has 1 N–H and O–H groups in total. The number of aryl methyl sites for hydroxylation is 2. The maximum Gasteiger partial charge on any atom is 0.264 e. The van der Waals surface area contributed by atoms with Crippen molar-refractivity contribution in [3.8, 4) is 0 Å². The van der Waals surface area contributed by atoms with Crippen LogP contribution < -0.4 is 9.62 Å². The van der Waals surface area contributed by atoms with E-state index in [9.17, 15) is 13.2 Å². The second-order valence-electron chi connectivity index (χ2n) is 6.84. The van der Waals surface area contributed by atoms with Crippen LogP contribution in [0.1, 0.15) is 25.8 Å². The summed E-state index contributed by atoms with van der Waals surface area (Å²) in [4.78, 5) is 18.1. The zero-order valence-electron chi connectivity index (χ0n) is 15.8. The van der Waals surface area contributed by atoms with Crippen LogP contribution in [0.25, 0.3) is 11.0 Å². The number of benzene rings is 2. The standard InChI is InChI=1S/C20H22N4O3S/c1-3-23-19-9-5-4-8-17(19)21-20(23)22-28(26,27)16-10-11-18-15(13-16)7-6-12-24(18)14(2)25/h4-5,8-11,13H,3,6-7,12H2,1-2H3,(H,21,22). The molecule has 0 spiro atoms. The predicted octanol–water partition coefficient (Wildman–Crippen LogP) is 3.16. The summed E-state index contributed by atoms with van der Waals surface area (Å²) in [7, 11) is -3.80. The first kappa shape index (κ1) is 18.5.